The van der Waals surface area contributed by atoms with Gasteiger partial charge in [-0.3, -0.25) is 9.82 Å². The minimum Gasteiger partial charge on any atom is -0.276 e. The van der Waals surface area contributed by atoms with Crippen LogP contribution in [0.15, 0.2) is 24.3 Å². The molecule has 6 heteroatoms. The predicted molar refractivity (Wildman–Crippen MR) is 63.8 cm³/mol. The molecule has 0 aliphatic heterocycles. The molecule has 1 aromatic carbocycles. The molecule has 0 radical (unpaired) electrons. The number of hydrogen-bond donors (Lipinski definition) is 2. The summed E-state index contributed by atoms with van der Waals surface area (Å²) in [6.07, 6.45) is 0.581. The third-order valence-corrected chi connectivity index (χ3v) is 3.65. The molecule has 0 amide bonds. The number of aromatic nitrogens is 2. The predicted octanol–water partition coefficient (Wildman–Crippen LogP) is 1.71. The van der Waals surface area contributed by atoms with E-state index in [4.69, 9.17) is 0 Å². The van der Waals surface area contributed by atoms with Crippen LogP contribution in [0.4, 0.5) is 5.82 Å². The fourth-order valence-corrected chi connectivity index (χ4v) is 2.60. The maximum absolute atomic E-state index is 11.6. The summed E-state index contributed by atoms with van der Waals surface area (Å²) in [6, 6.07) is 7.38. The Kier molecular flexibility index (Phi) is 2.82. The molecule has 0 fully saturated rings. The van der Waals surface area contributed by atoms with E-state index in [0.717, 1.165) is 10.9 Å². The summed E-state index contributed by atoms with van der Waals surface area (Å²) in [4.78, 5) is 0. The van der Waals surface area contributed by atoms with Crippen molar-refractivity contribution in [3.63, 3.8) is 0 Å². The Hall–Kier alpha value is -1.56. The maximum atomic E-state index is 11.6. The zero-order valence-electron chi connectivity index (χ0n) is 8.90. The first-order chi connectivity index (χ1) is 7.62. The number of sulfonamides is 1. The van der Waals surface area contributed by atoms with Crippen LogP contribution in [-0.2, 0) is 10.0 Å². The van der Waals surface area contributed by atoms with Gasteiger partial charge in [0.15, 0.2) is 5.82 Å². The number of H-pyrrole nitrogens is 1. The van der Waals surface area contributed by atoms with E-state index in [9.17, 15) is 8.42 Å². The highest BCUT2D eigenvalue weighted by Crippen LogP contribution is 2.20. The summed E-state index contributed by atoms with van der Waals surface area (Å²) in [5.41, 5.74) is 0.816. The third-order valence-electron chi connectivity index (χ3n) is 2.20. The molecule has 0 aliphatic carbocycles. The molecule has 0 saturated carbocycles. The average molecular weight is 239 g/mol. The topological polar surface area (TPSA) is 74.8 Å². The third kappa shape index (κ3) is 2.16. The van der Waals surface area contributed by atoms with Gasteiger partial charge in [0.25, 0.3) is 0 Å². The van der Waals surface area contributed by atoms with Gasteiger partial charge in [0.05, 0.1) is 11.3 Å². The number of para-hydroxylation sites is 1. The van der Waals surface area contributed by atoms with Crippen LogP contribution in [-0.4, -0.2) is 24.4 Å². The zero-order chi connectivity index (χ0) is 11.6. The minimum atomic E-state index is -3.28. The Morgan fingerprint density at radius 2 is 2.12 bits per heavy atom. The lowest BCUT2D eigenvalue weighted by Crippen LogP contribution is -2.16. The fourth-order valence-electron chi connectivity index (χ4n) is 1.51. The molecule has 5 nitrogen and oxygen atoms in total. The quantitative estimate of drug-likeness (QED) is 0.853. The van der Waals surface area contributed by atoms with Crippen LogP contribution in [0.25, 0.3) is 10.9 Å². The standard InChI is InChI=1S/C10H13N3O2S/c1-2-7-16(14,15)13-10-8-5-3-4-6-9(8)11-12-10/h3-6H,2,7H2,1H3,(H2,11,12,13). The van der Waals surface area contributed by atoms with Crippen LogP contribution in [0.5, 0.6) is 0 Å². The molecule has 16 heavy (non-hydrogen) atoms. The Morgan fingerprint density at radius 1 is 1.38 bits per heavy atom. The summed E-state index contributed by atoms with van der Waals surface area (Å²) in [7, 11) is -3.28. The first-order valence-corrected chi connectivity index (χ1v) is 6.71. The maximum Gasteiger partial charge on any atom is 0.233 e. The molecular formula is C10H13N3O2S. The van der Waals surface area contributed by atoms with Crippen molar-refractivity contribution in [2.45, 2.75) is 13.3 Å². The van der Waals surface area contributed by atoms with E-state index in [1.807, 2.05) is 31.2 Å². The van der Waals surface area contributed by atoms with Gasteiger partial charge in [-0.15, -0.1) is 0 Å². The minimum absolute atomic E-state index is 0.105. The van der Waals surface area contributed by atoms with Crippen LogP contribution in [0.2, 0.25) is 0 Å². The number of benzene rings is 1. The van der Waals surface area contributed by atoms with E-state index >= 15 is 0 Å². The molecule has 2 N–H and O–H groups in total. The van der Waals surface area contributed by atoms with Gasteiger partial charge in [-0.2, -0.15) is 5.10 Å². The lowest BCUT2D eigenvalue weighted by molar-refractivity contribution is 0.599. The van der Waals surface area contributed by atoms with Gasteiger partial charge in [-0.1, -0.05) is 19.1 Å². The summed E-state index contributed by atoms with van der Waals surface area (Å²) in [5, 5.41) is 7.50. The summed E-state index contributed by atoms with van der Waals surface area (Å²) in [5.74, 6) is 0.470. The number of nitrogens with one attached hydrogen (secondary N) is 2. The molecule has 0 spiro atoms. The largest absolute Gasteiger partial charge is 0.276 e. The van der Waals surface area contributed by atoms with Crippen molar-refractivity contribution in [1.82, 2.24) is 10.2 Å². The fraction of sp³-hybridized carbons (Fsp3) is 0.300. The van der Waals surface area contributed by atoms with Crippen molar-refractivity contribution < 1.29 is 8.42 Å². The molecular weight excluding hydrogens is 226 g/mol. The number of aromatic amines is 1. The molecule has 0 unspecified atom stereocenters. The average Bonchev–Trinajstić information content (AvgIpc) is 2.61. The molecule has 1 heterocycles. The van der Waals surface area contributed by atoms with E-state index < -0.39 is 10.0 Å². The number of nitrogens with zero attached hydrogens (tertiary/aromatic N) is 1. The monoisotopic (exact) mass is 239 g/mol. The van der Waals surface area contributed by atoms with Crippen molar-refractivity contribution in [1.29, 1.82) is 0 Å². The second-order valence-electron chi connectivity index (χ2n) is 3.54. The smallest absolute Gasteiger partial charge is 0.233 e. The van der Waals surface area contributed by atoms with Crippen LogP contribution < -0.4 is 4.72 Å². The lowest BCUT2D eigenvalue weighted by Gasteiger charge is -2.03. The van der Waals surface area contributed by atoms with Crippen molar-refractivity contribution in [2.75, 3.05) is 10.5 Å². The van der Waals surface area contributed by atoms with Crippen molar-refractivity contribution in [2.24, 2.45) is 0 Å². The van der Waals surface area contributed by atoms with E-state index in [2.05, 4.69) is 14.9 Å². The molecule has 0 aliphatic rings. The molecule has 0 bridgehead atoms. The number of fused-ring (bicyclic) bond motifs is 1. The zero-order valence-corrected chi connectivity index (χ0v) is 9.71. The van der Waals surface area contributed by atoms with Gasteiger partial charge < -0.3 is 0 Å². The number of anilines is 1. The summed E-state index contributed by atoms with van der Waals surface area (Å²) < 4.78 is 25.6. The summed E-state index contributed by atoms with van der Waals surface area (Å²) in [6.45, 7) is 1.82. The Bertz CT molecular complexity index is 589. The van der Waals surface area contributed by atoms with Gasteiger partial charge in [0.2, 0.25) is 10.0 Å². The second-order valence-corrected chi connectivity index (χ2v) is 5.38. The first-order valence-electron chi connectivity index (χ1n) is 5.06. The molecule has 1 aromatic heterocycles. The number of hydrogen-bond acceptors (Lipinski definition) is 3. The molecule has 0 atom stereocenters. The molecule has 0 saturated heterocycles. The van der Waals surface area contributed by atoms with E-state index in [1.165, 1.54) is 0 Å². The first kappa shape index (κ1) is 10.9. The van der Waals surface area contributed by atoms with E-state index in [0.29, 0.717) is 12.2 Å². The van der Waals surface area contributed by atoms with Gasteiger partial charge >= 0.3 is 0 Å². The van der Waals surface area contributed by atoms with Crippen LogP contribution in [0.1, 0.15) is 13.3 Å². The van der Waals surface area contributed by atoms with E-state index in [1.54, 1.807) is 0 Å². The van der Waals surface area contributed by atoms with Crippen LogP contribution in [0.3, 0.4) is 0 Å². The Labute approximate surface area is 93.9 Å². The number of rotatable bonds is 4. The molecule has 86 valence electrons. The highest BCUT2D eigenvalue weighted by atomic mass is 32.2. The van der Waals surface area contributed by atoms with Crippen molar-refractivity contribution in [3.8, 4) is 0 Å². The van der Waals surface area contributed by atoms with Crippen LogP contribution in [0, 0.1) is 0 Å². The highest BCUT2D eigenvalue weighted by molar-refractivity contribution is 7.92. The van der Waals surface area contributed by atoms with Crippen LogP contribution >= 0.6 is 0 Å². The van der Waals surface area contributed by atoms with Gasteiger partial charge in [0, 0.05) is 5.39 Å². The van der Waals surface area contributed by atoms with Crippen molar-refractivity contribution >= 4 is 26.7 Å². The van der Waals surface area contributed by atoms with E-state index in [-0.39, 0.29) is 5.75 Å². The van der Waals surface area contributed by atoms with Crippen molar-refractivity contribution in [3.05, 3.63) is 24.3 Å². The molecule has 2 rings (SSSR count). The SMILES string of the molecule is CCCS(=O)(=O)Nc1n[nH]c2ccccc12. The Balaban J connectivity index is 2.35. The second kappa shape index (κ2) is 4.13. The lowest BCUT2D eigenvalue weighted by atomic mass is 10.2. The van der Waals surface area contributed by atoms with Gasteiger partial charge in [-0.25, -0.2) is 8.42 Å². The normalized spacial score (nSPS) is 11.8. The van der Waals surface area contributed by atoms with Gasteiger partial charge in [-0.05, 0) is 18.6 Å². The summed E-state index contributed by atoms with van der Waals surface area (Å²) >= 11 is 0. The molecule has 2 aromatic rings. The van der Waals surface area contributed by atoms with Gasteiger partial charge in [0.1, 0.15) is 0 Å². The Morgan fingerprint density at radius 3 is 2.88 bits per heavy atom. The highest BCUT2D eigenvalue weighted by Gasteiger charge is 2.12.